The van der Waals surface area contributed by atoms with Gasteiger partial charge in [0.05, 0.1) is 13.2 Å². The molecule has 3 heterocycles. The highest BCUT2D eigenvalue weighted by Gasteiger charge is 2.49. The van der Waals surface area contributed by atoms with Gasteiger partial charge in [-0.1, -0.05) is 24.3 Å². The Hall–Kier alpha value is -2.89. The Morgan fingerprint density at radius 3 is 2.64 bits per heavy atom. The summed E-state index contributed by atoms with van der Waals surface area (Å²) in [6.07, 6.45) is 1.59. The molecule has 2 fully saturated rings. The summed E-state index contributed by atoms with van der Waals surface area (Å²) < 4.78 is 5.22. The van der Waals surface area contributed by atoms with Gasteiger partial charge in [0.15, 0.2) is 0 Å². The highest BCUT2D eigenvalue weighted by atomic mass is 16.5. The number of pyridine rings is 1. The van der Waals surface area contributed by atoms with E-state index in [1.165, 1.54) is 11.1 Å². The molecule has 0 spiro atoms. The van der Waals surface area contributed by atoms with E-state index in [0.717, 1.165) is 0 Å². The van der Waals surface area contributed by atoms with Crippen LogP contribution < -0.4 is 4.74 Å². The molecule has 6 heteroatoms. The normalized spacial score (nSPS) is 23.6. The lowest BCUT2D eigenvalue weighted by molar-refractivity contribution is -0.130. The van der Waals surface area contributed by atoms with E-state index >= 15 is 0 Å². The molecule has 2 aliphatic rings. The van der Waals surface area contributed by atoms with E-state index in [4.69, 9.17) is 4.74 Å². The van der Waals surface area contributed by atoms with E-state index in [-0.39, 0.29) is 29.7 Å². The molecular weight excluding hydrogens is 354 g/mol. The molecule has 2 saturated heterocycles. The number of ether oxygens (including phenoxy) is 1. The molecule has 0 bridgehead atoms. The lowest BCUT2D eigenvalue weighted by Gasteiger charge is -2.30. The van der Waals surface area contributed by atoms with E-state index < -0.39 is 0 Å². The van der Waals surface area contributed by atoms with Crippen LogP contribution in [0.5, 0.6) is 5.75 Å². The number of fused-ring (bicyclic) bond motifs is 1. The van der Waals surface area contributed by atoms with E-state index in [1.807, 2.05) is 21.9 Å². The molecule has 0 radical (unpaired) electrons. The fourth-order valence-corrected chi connectivity index (χ4v) is 4.67. The maximum Gasteiger partial charge on any atom is 0.272 e. The first kappa shape index (κ1) is 18.5. The number of carbonyl (C=O) groups is 2. The van der Waals surface area contributed by atoms with Crippen molar-refractivity contribution in [3.63, 3.8) is 0 Å². The molecule has 3 atom stereocenters. The van der Waals surface area contributed by atoms with Gasteiger partial charge in [-0.2, -0.15) is 0 Å². The number of rotatable bonds is 3. The van der Waals surface area contributed by atoms with Crippen LogP contribution in [0.2, 0.25) is 0 Å². The Bertz CT molecular complexity index is 913. The molecule has 0 N–H and O–H groups in total. The molecule has 4 rings (SSSR count). The maximum atomic E-state index is 13.0. The quantitative estimate of drug-likeness (QED) is 0.823. The molecule has 1 aromatic heterocycles. The van der Waals surface area contributed by atoms with E-state index in [2.05, 4.69) is 24.0 Å². The third-order valence-corrected chi connectivity index (χ3v) is 6.05. The predicted octanol–water partition coefficient (Wildman–Crippen LogP) is 2.69. The molecule has 0 aliphatic carbocycles. The van der Waals surface area contributed by atoms with Crippen molar-refractivity contribution in [3.8, 4) is 5.75 Å². The van der Waals surface area contributed by atoms with Crippen LogP contribution in [0.4, 0.5) is 0 Å². The standard InChI is InChI=1S/C22H25N3O3/c1-14-6-4-5-7-18(14)21-19-13-24(11-16(19)12-25(21)15(2)26)22(27)20-10-17(28-3)8-9-23-20/h4-10,16,19,21H,11-13H2,1-3H3/t16-,19-,21-/m1/s1. The SMILES string of the molecule is COc1ccnc(C(=O)N2C[C@@H]3CN(C(C)=O)[C@H](c4ccccc4C)[C@@H]3C2)c1. The number of hydrogen-bond donors (Lipinski definition) is 0. The van der Waals surface area contributed by atoms with Crippen LogP contribution in [0.25, 0.3) is 0 Å². The third kappa shape index (κ3) is 3.13. The summed E-state index contributed by atoms with van der Waals surface area (Å²) in [4.78, 5) is 33.4. The van der Waals surface area contributed by atoms with Crippen LogP contribution in [0.1, 0.15) is 34.6 Å². The highest BCUT2D eigenvalue weighted by Crippen LogP contribution is 2.46. The molecule has 0 saturated carbocycles. The predicted molar refractivity (Wildman–Crippen MR) is 105 cm³/mol. The van der Waals surface area contributed by atoms with Crippen molar-refractivity contribution < 1.29 is 14.3 Å². The van der Waals surface area contributed by atoms with Gasteiger partial charge in [0, 0.05) is 50.7 Å². The highest BCUT2D eigenvalue weighted by molar-refractivity contribution is 5.93. The minimum absolute atomic E-state index is 0.0137. The average molecular weight is 379 g/mol. The van der Waals surface area contributed by atoms with Crippen LogP contribution in [0.15, 0.2) is 42.6 Å². The Kier molecular flexibility index (Phi) is 4.79. The minimum Gasteiger partial charge on any atom is -0.497 e. The molecule has 0 unspecified atom stereocenters. The van der Waals surface area contributed by atoms with Gasteiger partial charge in [-0.3, -0.25) is 14.6 Å². The van der Waals surface area contributed by atoms with Crippen LogP contribution in [0.3, 0.4) is 0 Å². The number of nitrogens with zero attached hydrogens (tertiary/aromatic N) is 3. The summed E-state index contributed by atoms with van der Waals surface area (Å²) >= 11 is 0. The molecular formula is C22H25N3O3. The van der Waals surface area contributed by atoms with Crippen molar-refractivity contribution >= 4 is 11.8 Å². The van der Waals surface area contributed by atoms with Gasteiger partial charge in [-0.05, 0) is 24.1 Å². The summed E-state index contributed by atoms with van der Waals surface area (Å²) in [6, 6.07) is 11.6. The molecule has 1 aromatic carbocycles. The Balaban J connectivity index is 1.60. The summed E-state index contributed by atoms with van der Waals surface area (Å²) in [5.74, 6) is 1.15. The Morgan fingerprint density at radius 1 is 1.14 bits per heavy atom. The fraction of sp³-hybridized carbons (Fsp3) is 0.409. The molecule has 28 heavy (non-hydrogen) atoms. The molecule has 146 valence electrons. The van der Waals surface area contributed by atoms with E-state index in [1.54, 1.807) is 32.4 Å². The zero-order valence-electron chi connectivity index (χ0n) is 16.5. The maximum absolute atomic E-state index is 13.0. The van der Waals surface area contributed by atoms with Crippen molar-refractivity contribution in [3.05, 3.63) is 59.4 Å². The van der Waals surface area contributed by atoms with Crippen molar-refractivity contribution in [2.45, 2.75) is 19.9 Å². The van der Waals surface area contributed by atoms with Gasteiger partial charge in [0.1, 0.15) is 11.4 Å². The van der Waals surface area contributed by atoms with Crippen molar-refractivity contribution in [2.75, 3.05) is 26.7 Å². The largest absolute Gasteiger partial charge is 0.497 e. The van der Waals surface area contributed by atoms with Crippen molar-refractivity contribution in [1.82, 2.24) is 14.8 Å². The lowest BCUT2D eigenvalue weighted by Crippen LogP contribution is -2.37. The number of benzene rings is 1. The zero-order valence-corrected chi connectivity index (χ0v) is 16.5. The zero-order chi connectivity index (χ0) is 19.8. The number of hydrogen-bond acceptors (Lipinski definition) is 4. The lowest BCUT2D eigenvalue weighted by atomic mass is 9.87. The van der Waals surface area contributed by atoms with Gasteiger partial charge in [-0.15, -0.1) is 0 Å². The molecule has 6 nitrogen and oxygen atoms in total. The third-order valence-electron chi connectivity index (χ3n) is 6.05. The second-order valence-corrected chi connectivity index (χ2v) is 7.69. The number of likely N-dealkylation sites (tertiary alicyclic amines) is 2. The minimum atomic E-state index is -0.0776. The first-order valence-corrected chi connectivity index (χ1v) is 9.61. The summed E-state index contributed by atoms with van der Waals surface area (Å²) in [6.45, 7) is 5.68. The Morgan fingerprint density at radius 2 is 1.93 bits per heavy atom. The average Bonchev–Trinajstić information content (AvgIpc) is 3.26. The Labute approximate surface area is 165 Å². The number of aryl methyl sites for hydroxylation is 1. The summed E-state index contributed by atoms with van der Waals surface area (Å²) in [5, 5.41) is 0. The molecule has 2 aliphatic heterocycles. The number of amides is 2. The second-order valence-electron chi connectivity index (χ2n) is 7.69. The number of carbonyl (C=O) groups excluding carboxylic acids is 2. The smallest absolute Gasteiger partial charge is 0.272 e. The van der Waals surface area contributed by atoms with Crippen molar-refractivity contribution in [2.24, 2.45) is 11.8 Å². The second kappa shape index (κ2) is 7.26. The van der Waals surface area contributed by atoms with Crippen LogP contribution in [-0.2, 0) is 4.79 Å². The van der Waals surface area contributed by atoms with Gasteiger partial charge in [-0.25, -0.2) is 0 Å². The van der Waals surface area contributed by atoms with Crippen LogP contribution in [0, 0.1) is 18.8 Å². The van der Waals surface area contributed by atoms with Gasteiger partial charge >= 0.3 is 0 Å². The van der Waals surface area contributed by atoms with Crippen LogP contribution in [-0.4, -0.2) is 53.3 Å². The summed E-state index contributed by atoms with van der Waals surface area (Å²) in [5.41, 5.74) is 2.76. The van der Waals surface area contributed by atoms with E-state index in [9.17, 15) is 9.59 Å². The topological polar surface area (TPSA) is 62.7 Å². The summed E-state index contributed by atoms with van der Waals surface area (Å²) in [7, 11) is 1.58. The monoisotopic (exact) mass is 379 g/mol. The van der Waals surface area contributed by atoms with Crippen LogP contribution >= 0.6 is 0 Å². The number of methoxy groups -OCH3 is 1. The van der Waals surface area contributed by atoms with Crippen molar-refractivity contribution in [1.29, 1.82) is 0 Å². The van der Waals surface area contributed by atoms with Gasteiger partial charge in [0.25, 0.3) is 5.91 Å². The molecule has 2 aromatic rings. The van der Waals surface area contributed by atoms with Gasteiger partial charge < -0.3 is 14.5 Å². The number of aromatic nitrogens is 1. The fourth-order valence-electron chi connectivity index (χ4n) is 4.67. The molecule has 2 amide bonds. The van der Waals surface area contributed by atoms with E-state index in [0.29, 0.717) is 31.1 Å². The first-order valence-electron chi connectivity index (χ1n) is 9.61. The van der Waals surface area contributed by atoms with Gasteiger partial charge in [0.2, 0.25) is 5.91 Å². The first-order chi connectivity index (χ1) is 13.5.